The molecule has 1 fully saturated rings. The van der Waals surface area contributed by atoms with Gasteiger partial charge in [0, 0.05) is 19.6 Å². The molecule has 1 aromatic heterocycles. The molecule has 0 spiro atoms. The van der Waals surface area contributed by atoms with E-state index >= 15 is 0 Å². The molecular weight excluding hydrogens is 430 g/mol. The number of carbonyl (C=O) groups is 1. The van der Waals surface area contributed by atoms with Crippen molar-refractivity contribution >= 4 is 15.9 Å². The topological polar surface area (TPSA) is 92.1 Å². The number of benzene rings is 1. The number of ether oxygens (including phenoxy) is 1. The van der Waals surface area contributed by atoms with Crippen molar-refractivity contribution in [2.24, 2.45) is 0 Å². The van der Waals surface area contributed by atoms with Gasteiger partial charge >= 0.3 is 0 Å². The number of sulfonamides is 1. The first-order valence-corrected chi connectivity index (χ1v) is 12.6. The van der Waals surface area contributed by atoms with Crippen LogP contribution in [0, 0.1) is 0 Å². The molecule has 1 unspecified atom stereocenters. The molecule has 2 heterocycles. The van der Waals surface area contributed by atoms with Crippen LogP contribution in [-0.2, 0) is 10.0 Å². The molecule has 9 heteroatoms. The Hall–Kier alpha value is -2.36. The normalized spacial score (nSPS) is 16.1. The standard InChI is InChI=1S/C23H33N3O5S/c1-4-26(5-2)32(28,29)18-11-12-21(30-3)19(16-18)23(27)24-17-20(22-10-9-15-31-22)25-13-7-6-8-14-25/h9-12,15-16,20H,4-8,13-14,17H2,1-3H3,(H,24,27). The fourth-order valence-electron chi connectivity index (χ4n) is 4.14. The molecule has 176 valence electrons. The lowest BCUT2D eigenvalue weighted by atomic mass is 10.1. The summed E-state index contributed by atoms with van der Waals surface area (Å²) in [5, 5.41) is 2.97. The molecule has 1 aromatic carbocycles. The van der Waals surface area contributed by atoms with Crippen molar-refractivity contribution in [3.63, 3.8) is 0 Å². The summed E-state index contributed by atoms with van der Waals surface area (Å²) in [6.07, 6.45) is 5.08. The van der Waals surface area contributed by atoms with Gasteiger partial charge in [0.05, 0.1) is 29.9 Å². The Kier molecular flexibility index (Phi) is 8.33. The Balaban J connectivity index is 1.83. The van der Waals surface area contributed by atoms with Gasteiger partial charge in [-0.1, -0.05) is 20.3 Å². The average molecular weight is 464 g/mol. The van der Waals surface area contributed by atoms with Gasteiger partial charge in [-0.3, -0.25) is 9.69 Å². The van der Waals surface area contributed by atoms with Crippen molar-refractivity contribution in [1.29, 1.82) is 0 Å². The van der Waals surface area contributed by atoms with E-state index in [-0.39, 0.29) is 22.4 Å². The van der Waals surface area contributed by atoms with Gasteiger partial charge in [0.25, 0.3) is 5.91 Å². The lowest BCUT2D eigenvalue weighted by Gasteiger charge is -2.33. The summed E-state index contributed by atoms with van der Waals surface area (Å²) in [6.45, 7) is 6.52. The monoisotopic (exact) mass is 463 g/mol. The van der Waals surface area contributed by atoms with Gasteiger partial charge in [0.2, 0.25) is 10.0 Å². The molecule has 1 N–H and O–H groups in total. The quantitative estimate of drug-likeness (QED) is 0.581. The SMILES string of the molecule is CCN(CC)S(=O)(=O)c1ccc(OC)c(C(=O)NCC(c2ccco2)N2CCCCC2)c1. The summed E-state index contributed by atoms with van der Waals surface area (Å²) in [5.41, 5.74) is 0.192. The maximum absolute atomic E-state index is 13.1. The first-order chi connectivity index (χ1) is 15.4. The van der Waals surface area contributed by atoms with Gasteiger partial charge in [0.1, 0.15) is 11.5 Å². The Morgan fingerprint density at radius 2 is 1.91 bits per heavy atom. The van der Waals surface area contributed by atoms with Crippen LogP contribution in [0.15, 0.2) is 45.9 Å². The Labute approximate surface area is 190 Å². The molecule has 1 atom stereocenters. The molecular formula is C23H33N3O5S. The number of amides is 1. The van der Waals surface area contributed by atoms with E-state index in [9.17, 15) is 13.2 Å². The molecule has 1 aliphatic heterocycles. The van der Waals surface area contributed by atoms with Crippen LogP contribution >= 0.6 is 0 Å². The summed E-state index contributed by atoms with van der Waals surface area (Å²) in [7, 11) is -2.23. The molecule has 0 bridgehead atoms. The maximum Gasteiger partial charge on any atom is 0.255 e. The predicted octanol–water partition coefficient (Wildman–Crippen LogP) is 3.28. The maximum atomic E-state index is 13.1. The number of piperidine rings is 1. The number of furan rings is 1. The second-order valence-corrected chi connectivity index (χ2v) is 9.73. The minimum atomic E-state index is -3.69. The minimum absolute atomic E-state index is 0.0748. The molecule has 1 aliphatic rings. The summed E-state index contributed by atoms with van der Waals surface area (Å²) < 4.78 is 38.2. The molecule has 0 radical (unpaired) electrons. The van der Waals surface area contributed by atoms with Crippen molar-refractivity contribution < 1.29 is 22.4 Å². The van der Waals surface area contributed by atoms with E-state index in [1.807, 2.05) is 12.1 Å². The number of likely N-dealkylation sites (tertiary alicyclic amines) is 1. The molecule has 2 aromatic rings. The van der Waals surface area contributed by atoms with Crippen LogP contribution in [0.3, 0.4) is 0 Å². The van der Waals surface area contributed by atoms with Gasteiger partial charge in [-0.15, -0.1) is 0 Å². The highest BCUT2D eigenvalue weighted by Gasteiger charge is 2.27. The molecule has 3 rings (SSSR count). The van der Waals surface area contributed by atoms with Crippen LogP contribution < -0.4 is 10.1 Å². The van der Waals surface area contributed by atoms with Crippen molar-refractivity contribution in [3.05, 3.63) is 47.9 Å². The second-order valence-electron chi connectivity index (χ2n) is 7.79. The van der Waals surface area contributed by atoms with E-state index in [2.05, 4.69) is 10.2 Å². The first kappa shape index (κ1) is 24.3. The highest BCUT2D eigenvalue weighted by Crippen LogP contribution is 2.27. The molecule has 0 saturated carbocycles. The number of hydrogen-bond donors (Lipinski definition) is 1. The number of hydrogen-bond acceptors (Lipinski definition) is 6. The second kappa shape index (κ2) is 11.0. The first-order valence-electron chi connectivity index (χ1n) is 11.2. The van der Waals surface area contributed by atoms with Crippen LogP contribution in [0.25, 0.3) is 0 Å². The Bertz CT molecular complexity index is 981. The number of nitrogens with one attached hydrogen (secondary N) is 1. The fraction of sp³-hybridized carbons (Fsp3) is 0.522. The highest BCUT2D eigenvalue weighted by molar-refractivity contribution is 7.89. The van der Waals surface area contributed by atoms with E-state index in [1.54, 1.807) is 20.1 Å². The summed E-state index contributed by atoms with van der Waals surface area (Å²) in [4.78, 5) is 15.5. The Morgan fingerprint density at radius 1 is 1.19 bits per heavy atom. The van der Waals surface area contributed by atoms with E-state index in [4.69, 9.17) is 9.15 Å². The predicted molar refractivity (Wildman–Crippen MR) is 122 cm³/mol. The van der Waals surface area contributed by atoms with Gasteiger partial charge in [-0.2, -0.15) is 4.31 Å². The van der Waals surface area contributed by atoms with Crippen LogP contribution in [0.2, 0.25) is 0 Å². The van der Waals surface area contributed by atoms with Crippen molar-refractivity contribution in [2.45, 2.75) is 44.0 Å². The third kappa shape index (κ3) is 5.33. The zero-order valence-electron chi connectivity index (χ0n) is 19.0. The number of nitrogens with zero attached hydrogens (tertiary/aromatic N) is 2. The lowest BCUT2D eigenvalue weighted by Crippen LogP contribution is -2.40. The smallest absolute Gasteiger partial charge is 0.255 e. The summed E-state index contributed by atoms with van der Waals surface area (Å²) in [6, 6.07) is 8.08. The Morgan fingerprint density at radius 3 is 2.50 bits per heavy atom. The van der Waals surface area contributed by atoms with E-state index in [1.165, 1.54) is 36.0 Å². The zero-order chi connectivity index (χ0) is 23.1. The third-order valence-corrected chi connectivity index (χ3v) is 7.96. The summed E-state index contributed by atoms with van der Waals surface area (Å²) in [5.74, 6) is 0.748. The molecule has 32 heavy (non-hydrogen) atoms. The van der Waals surface area contributed by atoms with E-state index < -0.39 is 10.0 Å². The highest BCUT2D eigenvalue weighted by atomic mass is 32.2. The van der Waals surface area contributed by atoms with Gasteiger partial charge in [-0.05, 0) is 56.3 Å². The number of carbonyl (C=O) groups excluding carboxylic acids is 1. The van der Waals surface area contributed by atoms with Crippen LogP contribution in [-0.4, -0.2) is 63.4 Å². The third-order valence-electron chi connectivity index (χ3n) is 5.92. The van der Waals surface area contributed by atoms with Crippen molar-refractivity contribution in [1.82, 2.24) is 14.5 Å². The number of rotatable bonds is 10. The average Bonchev–Trinajstić information content (AvgIpc) is 3.34. The van der Waals surface area contributed by atoms with E-state index in [0.29, 0.717) is 25.4 Å². The van der Waals surface area contributed by atoms with Gasteiger partial charge in [-0.25, -0.2) is 8.42 Å². The van der Waals surface area contributed by atoms with Gasteiger partial charge in [0.15, 0.2) is 0 Å². The molecule has 8 nitrogen and oxygen atoms in total. The molecule has 1 saturated heterocycles. The minimum Gasteiger partial charge on any atom is -0.496 e. The lowest BCUT2D eigenvalue weighted by molar-refractivity contribution is 0.0911. The largest absolute Gasteiger partial charge is 0.496 e. The van der Waals surface area contributed by atoms with Crippen LogP contribution in [0.1, 0.15) is 55.3 Å². The van der Waals surface area contributed by atoms with Gasteiger partial charge < -0.3 is 14.5 Å². The summed E-state index contributed by atoms with van der Waals surface area (Å²) >= 11 is 0. The van der Waals surface area contributed by atoms with E-state index in [0.717, 1.165) is 31.7 Å². The van der Waals surface area contributed by atoms with Crippen molar-refractivity contribution in [2.75, 3.05) is 39.8 Å². The number of methoxy groups -OCH3 is 1. The van der Waals surface area contributed by atoms with Crippen LogP contribution in [0.5, 0.6) is 5.75 Å². The molecule has 0 aliphatic carbocycles. The zero-order valence-corrected chi connectivity index (χ0v) is 19.9. The van der Waals surface area contributed by atoms with Crippen molar-refractivity contribution in [3.8, 4) is 5.75 Å². The fourth-order valence-corrected chi connectivity index (χ4v) is 5.63. The molecule has 1 amide bonds. The van der Waals surface area contributed by atoms with Crippen LogP contribution in [0.4, 0.5) is 0 Å².